The normalized spacial score (nSPS) is 11.5. The molecule has 0 spiro atoms. The van der Waals surface area contributed by atoms with Crippen molar-refractivity contribution in [3.05, 3.63) is 34.0 Å². The molecule has 0 aromatic heterocycles. The van der Waals surface area contributed by atoms with E-state index < -0.39 is 11.7 Å². The zero-order valence-corrected chi connectivity index (χ0v) is 10.3. The molecule has 5 heteroatoms. The summed E-state index contributed by atoms with van der Waals surface area (Å²) in [5.41, 5.74) is 0.638. The summed E-state index contributed by atoms with van der Waals surface area (Å²) in [4.78, 5) is 11.4. The van der Waals surface area contributed by atoms with E-state index in [0.29, 0.717) is 5.56 Å². The molecule has 1 aromatic carbocycles. The maximum atomic E-state index is 10.4. The molecule has 0 saturated carbocycles. The van der Waals surface area contributed by atoms with Gasteiger partial charge >= 0.3 is 5.97 Å². The Kier molecular flexibility index (Phi) is 4.23. The minimum atomic E-state index is -1.33. The van der Waals surface area contributed by atoms with Crippen LogP contribution in [0.3, 0.4) is 0 Å². The van der Waals surface area contributed by atoms with E-state index in [0.717, 1.165) is 9.37 Å². The van der Waals surface area contributed by atoms with Crippen molar-refractivity contribution in [2.75, 3.05) is 6.26 Å². The lowest BCUT2D eigenvalue weighted by atomic mass is 10.2. The van der Waals surface area contributed by atoms with Gasteiger partial charge in [0.2, 0.25) is 5.76 Å². The average Bonchev–Trinajstić information content (AvgIpc) is 2.18. The Hall–Kier alpha value is -0.940. The first-order valence-corrected chi connectivity index (χ1v) is 6.04. The molecule has 80 valence electrons. The van der Waals surface area contributed by atoms with Crippen LogP contribution in [0.25, 0.3) is 6.08 Å². The first-order chi connectivity index (χ1) is 7.04. The van der Waals surface area contributed by atoms with Crippen molar-refractivity contribution in [3.8, 4) is 0 Å². The Balaban J connectivity index is 3.03. The summed E-state index contributed by atoms with van der Waals surface area (Å²) < 4.78 is 0.877. The molecule has 0 saturated heterocycles. The second-order valence-corrected chi connectivity index (χ2v) is 4.43. The van der Waals surface area contributed by atoms with Gasteiger partial charge in [-0.3, -0.25) is 0 Å². The van der Waals surface area contributed by atoms with E-state index >= 15 is 0 Å². The van der Waals surface area contributed by atoms with E-state index in [1.165, 1.54) is 6.08 Å². The quantitative estimate of drug-likeness (QED) is 0.510. The van der Waals surface area contributed by atoms with Crippen LogP contribution in [0.5, 0.6) is 0 Å². The molecule has 0 fully saturated rings. The summed E-state index contributed by atoms with van der Waals surface area (Å²) in [5.74, 6) is -2.00. The van der Waals surface area contributed by atoms with Crippen LogP contribution in [0.2, 0.25) is 0 Å². The minimum Gasteiger partial charge on any atom is -0.502 e. The van der Waals surface area contributed by atoms with E-state index in [1.807, 2.05) is 12.3 Å². The van der Waals surface area contributed by atoms with E-state index in [4.69, 9.17) is 10.2 Å². The molecule has 3 nitrogen and oxygen atoms in total. The summed E-state index contributed by atoms with van der Waals surface area (Å²) in [6.45, 7) is 0. The lowest BCUT2D eigenvalue weighted by Gasteiger charge is -2.01. The van der Waals surface area contributed by atoms with Gasteiger partial charge in [0.25, 0.3) is 0 Å². The molecule has 0 amide bonds. The monoisotopic (exact) mass is 288 g/mol. The molecule has 2 N–H and O–H groups in total. The van der Waals surface area contributed by atoms with Crippen LogP contribution in [0.1, 0.15) is 5.56 Å². The van der Waals surface area contributed by atoms with Gasteiger partial charge in [-0.2, -0.15) is 0 Å². The predicted molar refractivity (Wildman–Crippen MR) is 64.2 cm³/mol. The molecule has 0 bridgehead atoms. The number of thioether (sulfide) groups is 1. The SMILES string of the molecule is CSc1ccc(C=C(O)C(=O)O)cc1Br. The van der Waals surface area contributed by atoms with Gasteiger partial charge < -0.3 is 10.2 Å². The van der Waals surface area contributed by atoms with Crippen LogP contribution < -0.4 is 0 Å². The van der Waals surface area contributed by atoms with Gasteiger partial charge in [0.05, 0.1) is 0 Å². The number of halogens is 1. The second kappa shape index (κ2) is 5.23. The molecule has 0 aliphatic carbocycles. The molecule has 0 heterocycles. The fourth-order valence-electron chi connectivity index (χ4n) is 0.992. The van der Waals surface area contributed by atoms with Gasteiger partial charge in [0.1, 0.15) is 0 Å². The number of carboxylic acid groups (broad SMARTS) is 1. The maximum Gasteiger partial charge on any atom is 0.370 e. The summed E-state index contributed by atoms with van der Waals surface area (Å²) in [6, 6.07) is 5.36. The Labute approximate surface area is 99.9 Å². The highest BCUT2D eigenvalue weighted by molar-refractivity contribution is 9.10. The highest BCUT2D eigenvalue weighted by atomic mass is 79.9. The number of aliphatic hydroxyl groups is 1. The smallest absolute Gasteiger partial charge is 0.370 e. The first kappa shape index (κ1) is 12.1. The number of hydrogen-bond donors (Lipinski definition) is 2. The number of carboxylic acids is 1. The fraction of sp³-hybridized carbons (Fsp3) is 0.100. The Bertz CT molecular complexity index is 415. The number of carbonyl (C=O) groups is 1. The van der Waals surface area contributed by atoms with Gasteiger partial charge in [-0.05, 0) is 46.0 Å². The third kappa shape index (κ3) is 3.28. The number of benzene rings is 1. The van der Waals surface area contributed by atoms with Gasteiger partial charge in [-0.25, -0.2) is 4.79 Å². The summed E-state index contributed by atoms with van der Waals surface area (Å²) >= 11 is 4.94. The molecule has 0 atom stereocenters. The Morgan fingerprint density at radius 3 is 2.60 bits per heavy atom. The van der Waals surface area contributed by atoms with Crippen LogP contribution >= 0.6 is 27.7 Å². The molecule has 0 aliphatic heterocycles. The molecule has 0 aliphatic rings. The third-order valence-corrected chi connectivity index (χ3v) is 3.41. The van der Waals surface area contributed by atoms with Crippen molar-refractivity contribution in [1.82, 2.24) is 0 Å². The Morgan fingerprint density at radius 2 is 2.13 bits per heavy atom. The van der Waals surface area contributed by atoms with Gasteiger partial charge in [0.15, 0.2) is 0 Å². The molecule has 0 radical (unpaired) electrons. The van der Waals surface area contributed by atoms with Crippen LogP contribution in [-0.4, -0.2) is 22.4 Å². The number of aliphatic hydroxyl groups excluding tert-OH is 1. The zero-order valence-electron chi connectivity index (χ0n) is 7.90. The van der Waals surface area contributed by atoms with E-state index in [-0.39, 0.29) is 0 Å². The highest BCUT2D eigenvalue weighted by Gasteiger charge is 2.04. The fourth-order valence-corrected chi connectivity index (χ4v) is 2.33. The van der Waals surface area contributed by atoms with Gasteiger partial charge in [0, 0.05) is 9.37 Å². The summed E-state index contributed by atoms with van der Waals surface area (Å²) in [6.07, 6.45) is 3.15. The van der Waals surface area contributed by atoms with Crippen LogP contribution in [-0.2, 0) is 4.79 Å². The van der Waals surface area contributed by atoms with Crippen molar-refractivity contribution in [2.45, 2.75) is 4.90 Å². The highest BCUT2D eigenvalue weighted by Crippen LogP contribution is 2.27. The largest absolute Gasteiger partial charge is 0.502 e. The second-order valence-electron chi connectivity index (χ2n) is 2.73. The standard InChI is InChI=1S/C10H9BrO3S/c1-15-9-3-2-6(4-7(9)11)5-8(12)10(13)14/h2-5,12H,1H3,(H,13,14). The minimum absolute atomic E-state index is 0.638. The number of rotatable bonds is 3. The average molecular weight is 289 g/mol. The molecule has 1 rings (SSSR count). The zero-order chi connectivity index (χ0) is 11.4. The first-order valence-electron chi connectivity index (χ1n) is 4.02. The molecular formula is C10H9BrO3S. The third-order valence-electron chi connectivity index (χ3n) is 1.70. The summed E-state index contributed by atoms with van der Waals surface area (Å²) in [7, 11) is 0. The number of aliphatic carboxylic acids is 1. The van der Waals surface area contributed by atoms with Crippen molar-refractivity contribution < 1.29 is 15.0 Å². The van der Waals surface area contributed by atoms with E-state index in [9.17, 15) is 4.79 Å². The van der Waals surface area contributed by atoms with E-state index in [1.54, 1.807) is 23.9 Å². The van der Waals surface area contributed by atoms with Gasteiger partial charge in [-0.15, -0.1) is 11.8 Å². The van der Waals surface area contributed by atoms with Crippen LogP contribution in [0, 0.1) is 0 Å². The van der Waals surface area contributed by atoms with Gasteiger partial charge in [-0.1, -0.05) is 6.07 Å². The van der Waals surface area contributed by atoms with Crippen molar-refractivity contribution in [3.63, 3.8) is 0 Å². The molecule has 0 unspecified atom stereocenters. The maximum absolute atomic E-state index is 10.4. The molecular weight excluding hydrogens is 280 g/mol. The predicted octanol–water partition coefficient (Wildman–Crippen LogP) is 3.15. The lowest BCUT2D eigenvalue weighted by Crippen LogP contribution is -1.98. The van der Waals surface area contributed by atoms with Crippen molar-refractivity contribution >= 4 is 39.7 Å². The topological polar surface area (TPSA) is 57.5 Å². The van der Waals surface area contributed by atoms with Crippen LogP contribution in [0.15, 0.2) is 33.3 Å². The van der Waals surface area contributed by atoms with E-state index in [2.05, 4.69) is 15.9 Å². The van der Waals surface area contributed by atoms with Crippen molar-refractivity contribution in [1.29, 1.82) is 0 Å². The Morgan fingerprint density at radius 1 is 1.47 bits per heavy atom. The molecule has 15 heavy (non-hydrogen) atoms. The number of hydrogen-bond acceptors (Lipinski definition) is 3. The van der Waals surface area contributed by atoms with Crippen LogP contribution in [0.4, 0.5) is 0 Å². The lowest BCUT2D eigenvalue weighted by molar-refractivity contribution is -0.135. The molecule has 1 aromatic rings. The summed E-state index contributed by atoms with van der Waals surface area (Å²) in [5, 5.41) is 17.5. The van der Waals surface area contributed by atoms with Crippen molar-refractivity contribution in [2.24, 2.45) is 0 Å².